The SMILES string of the molecule is Cc1ccc(F)c(C(=O)c2ccc(N)cn2)c1F. The van der Waals surface area contributed by atoms with Gasteiger partial charge in [-0.2, -0.15) is 0 Å². The molecule has 0 spiro atoms. The van der Waals surface area contributed by atoms with E-state index in [0.717, 1.165) is 6.07 Å². The smallest absolute Gasteiger partial charge is 0.217 e. The number of rotatable bonds is 2. The number of halogens is 2. The molecule has 1 aromatic carbocycles. The summed E-state index contributed by atoms with van der Waals surface area (Å²) < 4.78 is 27.3. The minimum atomic E-state index is -0.901. The van der Waals surface area contributed by atoms with Gasteiger partial charge in [0.25, 0.3) is 0 Å². The number of aromatic nitrogens is 1. The summed E-state index contributed by atoms with van der Waals surface area (Å²) in [4.78, 5) is 15.7. The van der Waals surface area contributed by atoms with E-state index in [9.17, 15) is 13.6 Å². The fourth-order valence-corrected chi connectivity index (χ4v) is 1.53. The molecule has 0 aliphatic heterocycles. The summed E-state index contributed by atoms with van der Waals surface area (Å²) in [5, 5.41) is 0. The average molecular weight is 248 g/mol. The lowest BCUT2D eigenvalue weighted by Gasteiger charge is -2.06. The number of benzene rings is 1. The van der Waals surface area contributed by atoms with E-state index in [0.29, 0.717) is 5.69 Å². The first kappa shape index (κ1) is 12.2. The van der Waals surface area contributed by atoms with Crippen molar-refractivity contribution in [3.8, 4) is 0 Å². The molecule has 1 heterocycles. The molecule has 2 aromatic rings. The van der Waals surface area contributed by atoms with Crippen molar-refractivity contribution in [3.05, 3.63) is 58.9 Å². The fraction of sp³-hybridized carbons (Fsp3) is 0.0769. The minimum absolute atomic E-state index is 0.0485. The summed E-state index contributed by atoms with van der Waals surface area (Å²) in [5.41, 5.74) is 5.36. The summed E-state index contributed by atoms with van der Waals surface area (Å²) in [7, 11) is 0. The quantitative estimate of drug-likeness (QED) is 0.830. The highest BCUT2D eigenvalue weighted by Crippen LogP contribution is 2.19. The molecule has 0 atom stereocenters. The summed E-state index contributed by atoms with van der Waals surface area (Å²) in [6, 6.07) is 5.12. The van der Waals surface area contributed by atoms with E-state index in [2.05, 4.69) is 4.98 Å². The van der Waals surface area contributed by atoms with Gasteiger partial charge in [0.05, 0.1) is 17.4 Å². The Morgan fingerprint density at radius 1 is 1.22 bits per heavy atom. The lowest BCUT2D eigenvalue weighted by molar-refractivity contribution is 0.102. The topological polar surface area (TPSA) is 56.0 Å². The minimum Gasteiger partial charge on any atom is -0.397 e. The van der Waals surface area contributed by atoms with Crippen molar-refractivity contribution in [3.63, 3.8) is 0 Å². The van der Waals surface area contributed by atoms with Gasteiger partial charge in [0.2, 0.25) is 5.78 Å². The van der Waals surface area contributed by atoms with Crippen molar-refractivity contribution in [2.75, 3.05) is 5.73 Å². The second kappa shape index (κ2) is 4.52. The predicted octanol–water partition coefficient (Wildman–Crippen LogP) is 2.48. The molecule has 92 valence electrons. The molecule has 0 saturated heterocycles. The maximum absolute atomic E-state index is 13.8. The van der Waals surface area contributed by atoms with Crippen LogP contribution in [-0.2, 0) is 0 Å². The number of anilines is 1. The lowest BCUT2D eigenvalue weighted by Crippen LogP contribution is -2.10. The van der Waals surface area contributed by atoms with E-state index in [1.807, 2.05) is 0 Å². The molecule has 0 aliphatic carbocycles. The van der Waals surface area contributed by atoms with Crippen LogP contribution in [0, 0.1) is 18.6 Å². The molecule has 1 aromatic heterocycles. The van der Waals surface area contributed by atoms with Gasteiger partial charge < -0.3 is 5.73 Å². The van der Waals surface area contributed by atoms with Crippen molar-refractivity contribution in [1.82, 2.24) is 4.98 Å². The number of hydrogen-bond acceptors (Lipinski definition) is 3. The highest BCUT2D eigenvalue weighted by atomic mass is 19.1. The number of aryl methyl sites for hydroxylation is 1. The molecule has 18 heavy (non-hydrogen) atoms. The lowest BCUT2D eigenvalue weighted by atomic mass is 10.0. The van der Waals surface area contributed by atoms with E-state index >= 15 is 0 Å². The average Bonchev–Trinajstić information content (AvgIpc) is 2.35. The van der Waals surface area contributed by atoms with Crippen LogP contribution in [0.5, 0.6) is 0 Å². The Hall–Kier alpha value is -2.30. The van der Waals surface area contributed by atoms with Gasteiger partial charge in [-0.1, -0.05) is 6.07 Å². The molecule has 0 aliphatic rings. The maximum Gasteiger partial charge on any atom is 0.217 e. The monoisotopic (exact) mass is 248 g/mol. The van der Waals surface area contributed by atoms with Crippen LogP contribution in [0.25, 0.3) is 0 Å². The molecule has 0 radical (unpaired) electrons. The van der Waals surface area contributed by atoms with Crippen LogP contribution >= 0.6 is 0 Å². The van der Waals surface area contributed by atoms with E-state index in [1.165, 1.54) is 31.3 Å². The van der Waals surface area contributed by atoms with E-state index in [1.54, 1.807) is 0 Å². The second-order valence-corrected chi connectivity index (χ2v) is 3.86. The maximum atomic E-state index is 13.8. The third-order valence-corrected chi connectivity index (χ3v) is 2.53. The third-order valence-electron chi connectivity index (χ3n) is 2.53. The number of ketones is 1. The van der Waals surface area contributed by atoms with Crippen molar-refractivity contribution >= 4 is 11.5 Å². The number of hydrogen-bond donors (Lipinski definition) is 1. The third kappa shape index (κ3) is 2.07. The van der Waals surface area contributed by atoms with E-state index in [-0.39, 0.29) is 11.3 Å². The molecule has 0 fully saturated rings. The molecule has 2 rings (SSSR count). The Labute approximate surface area is 102 Å². The van der Waals surface area contributed by atoms with Gasteiger partial charge >= 0.3 is 0 Å². The Morgan fingerprint density at radius 3 is 2.56 bits per heavy atom. The van der Waals surface area contributed by atoms with Crippen LogP contribution < -0.4 is 5.73 Å². The largest absolute Gasteiger partial charge is 0.397 e. The number of pyridine rings is 1. The van der Waals surface area contributed by atoms with E-state index < -0.39 is 23.0 Å². The molecule has 0 bridgehead atoms. The molecular weight excluding hydrogens is 238 g/mol. The van der Waals surface area contributed by atoms with Gasteiger partial charge in [-0.25, -0.2) is 8.78 Å². The number of carbonyl (C=O) groups excluding carboxylic acids is 1. The fourth-order valence-electron chi connectivity index (χ4n) is 1.53. The predicted molar refractivity (Wildman–Crippen MR) is 63.2 cm³/mol. The van der Waals surface area contributed by atoms with Crippen LogP contribution in [-0.4, -0.2) is 10.8 Å². The molecule has 0 amide bonds. The van der Waals surface area contributed by atoms with Crippen LogP contribution in [0.1, 0.15) is 21.6 Å². The van der Waals surface area contributed by atoms with Crippen molar-refractivity contribution in [1.29, 1.82) is 0 Å². The molecule has 5 heteroatoms. The second-order valence-electron chi connectivity index (χ2n) is 3.86. The number of nitrogens with two attached hydrogens (primary N) is 1. The summed E-state index contributed by atoms with van der Waals surface area (Å²) in [5.74, 6) is -2.56. The zero-order valence-electron chi connectivity index (χ0n) is 9.58. The normalized spacial score (nSPS) is 10.4. The van der Waals surface area contributed by atoms with Crippen molar-refractivity contribution in [2.24, 2.45) is 0 Å². The van der Waals surface area contributed by atoms with Gasteiger partial charge in [0.15, 0.2) is 0 Å². The highest BCUT2D eigenvalue weighted by molar-refractivity contribution is 6.08. The van der Waals surface area contributed by atoms with E-state index in [4.69, 9.17) is 5.73 Å². The Kier molecular flexibility index (Phi) is 3.06. The number of nitrogens with zero attached hydrogens (tertiary/aromatic N) is 1. The standard InChI is InChI=1S/C13H10F2N2O/c1-7-2-4-9(14)11(12(7)15)13(18)10-5-3-8(16)6-17-10/h2-6H,16H2,1H3. The van der Waals surface area contributed by atoms with Crippen LogP contribution in [0.4, 0.5) is 14.5 Å². The first-order valence-electron chi connectivity index (χ1n) is 5.21. The molecule has 0 saturated carbocycles. The van der Waals surface area contributed by atoms with Crippen molar-refractivity contribution in [2.45, 2.75) is 6.92 Å². The first-order chi connectivity index (χ1) is 8.50. The summed E-state index contributed by atoms with van der Waals surface area (Å²) in [6.45, 7) is 1.46. The molecule has 0 unspecified atom stereocenters. The van der Waals surface area contributed by atoms with Gasteiger partial charge in [0.1, 0.15) is 17.3 Å². The van der Waals surface area contributed by atoms with Crippen molar-refractivity contribution < 1.29 is 13.6 Å². The Bertz CT molecular complexity index is 609. The van der Waals surface area contributed by atoms with Crippen LogP contribution in [0.15, 0.2) is 30.5 Å². The zero-order chi connectivity index (χ0) is 13.3. The Balaban J connectivity index is 2.52. The summed E-state index contributed by atoms with van der Waals surface area (Å²) >= 11 is 0. The zero-order valence-corrected chi connectivity index (χ0v) is 9.58. The number of nitrogen functional groups attached to an aromatic ring is 1. The van der Waals surface area contributed by atoms with Gasteiger partial charge in [-0.3, -0.25) is 9.78 Å². The highest BCUT2D eigenvalue weighted by Gasteiger charge is 2.21. The summed E-state index contributed by atoms with van der Waals surface area (Å²) in [6.07, 6.45) is 1.26. The molecule has 2 N–H and O–H groups in total. The van der Waals surface area contributed by atoms with Gasteiger partial charge in [-0.15, -0.1) is 0 Å². The van der Waals surface area contributed by atoms with Crippen LogP contribution in [0.3, 0.4) is 0 Å². The molecule has 3 nitrogen and oxygen atoms in total. The van der Waals surface area contributed by atoms with Gasteiger partial charge in [0, 0.05) is 0 Å². The van der Waals surface area contributed by atoms with Gasteiger partial charge in [-0.05, 0) is 30.7 Å². The first-order valence-corrected chi connectivity index (χ1v) is 5.21. The van der Waals surface area contributed by atoms with Crippen LogP contribution in [0.2, 0.25) is 0 Å². The Morgan fingerprint density at radius 2 is 1.94 bits per heavy atom. The molecular formula is C13H10F2N2O. The number of carbonyl (C=O) groups is 1.